The lowest BCUT2D eigenvalue weighted by atomic mass is 10.3. The van der Waals surface area contributed by atoms with E-state index in [1.165, 1.54) is 0 Å². The highest BCUT2D eigenvalue weighted by atomic mass is 32.2. The van der Waals surface area contributed by atoms with Gasteiger partial charge in [-0.3, -0.25) is 4.68 Å². The molecule has 1 heterocycles. The van der Waals surface area contributed by atoms with E-state index in [2.05, 4.69) is 24.3 Å². The first-order valence-corrected chi connectivity index (χ1v) is 8.71. The summed E-state index contributed by atoms with van der Waals surface area (Å²) in [4.78, 5) is 0.368. The Balaban J connectivity index is 2.12. The van der Waals surface area contributed by atoms with E-state index in [-0.39, 0.29) is 5.75 Å². The third-order valence-electron chi connectivity index (χ3n) is 3.11. The zero-order valence-electron chi connectivity index (χ0n) is 12.6. The standard InChI is InChI=1S/C15H21N3O2S/c1-4-9-21(19,20)15-7-5-13(6-8-15)17-14-10-16-18(11-14)12(2)3/h5-8,10-12,17H,4,9H2,1-3H3. The largest absolute Gasteiger partial charge is 0.353 e. The van der Waals surface area contributed by atoms with Crippen LogP contribution in [0.2, 0.25) is 0 Å². The maximum atomic E-state index is 11.9. The molecule has 114 valence electrons. The van der Waals surface area contributed by atoms with Crippen molar-refractivity contribution in [3.05, 3.63) is 36.7 Å². The van der Waals surface area contributed by atoms with Gasteiger partial charge in [0.1, 0.15) is 0 Å². The van der Waals surface area contributed by atoms with Crippen molar-refractivity contribution >= 4 is 21.2 Å². The van der Waals surface area contributed by atoms with E-state index < -0.39 is 9.84 Å². The van der Waals surface area contributed by atoms with Crippen LogP contribution in [-0.4, -0.2) is 24.0 Å². The Morgan fingerprint density at radius 2 is 1.86 bits per heavy atom. The van der Waals surface area contributed by atoms with Crippen LogP contribution < -0.4 is 5.32 Å². The minimum atomic E-state index is -3.15. The molecule has 0 radical (unpaired) electrons. The number of hydrogen-bond acceptors (Lipinski definition) is 4. The average molecular weight is 307 g/mol. The fourth-order valence-corrected chi connectivity index (χ4v) is 3.31. The molecule has 0 atom stereocenters. The number of anilines is 2. The zero-order chi connectivity index (χ0) is 15.5. The lowest BCUT2D eigenvalue weighted by Crippen LogP contribution is -2.05. The van der Waals surface area contributed by atoms with Crippen LogP contribution in [0.5, 0.6) is 0 Å². The van der Waals surface area contributed by atoms with E-state index in [9.17, 15) is 8.42 Å². The molecule has 5 nitrogen and oxygen atoms in total. The van der Waals surface area contributed by atoms with Crippen LogP contribution in [0, 0.1) is 0 Å². The second-order valence-corrected chi connectivity index (χ2v) is 7.38. The quantitative estimate of drug-likeness (QED) is 0.888. The molecule has 0 saturated heterocycles. The molecule has 21 heavy (non-hydrogen) atoms. The number of rotatable bonds is 6. The van der Waals surface area contributed by atoms with Gasteiger partial charge in [0, 0.05) is 17.9 Å². The maximum Gasteiger partial charge on any atom is 0.178 e. The summed E-state index contributed by atoms with van der Waals surface area (Å²) in [6.07, 6.45) is 4.30. The van der Waals surface area contributed by atoms with E-state index in [0.717, 1.165) is 11.4 Å². The summed E-state index contributed by atoms with van der Waals surface area (Å²) in [6.45, 7) is 5.98. The van der Waals surface area contributed by atoms with Gasteiger partial charge in [-0.25, -0.2) is 8.42 Å². The Hall–Kier alpha value is -1.82. The van der Waals surface area contributed by atoms with Gasteiger partial charge in [0.2, 0.25) is 0 Å². The van der Waals surface area contributed by atoms with Gasteiger partial charge in [-0.05, 0) is 44.5 Å². The molecule has 0 saturated carbocycles. The molecule has 1 aromatic carbocycles. The molecule has 0 bridgehead atoms. The Labute approximate surface area is 125 Å². The van der Waals surface area contributed by atoms with Crippen LogP contribution >= 0.6 is 0 Å². The third-order valence-corrected chi connectivity index (χ3v) is 5.04. The van der Waals surface area contributed by atoms with E-state index in [4.69, 9.17) is 0 Å². The summed E-state index contributed by atoms with van der Waals surface area (Å²) in [5.41, 5.74) is 1.72. The lowest BCUT2D eigenvalue weighted by Gasteiger charge is -2.07. The second-order valence-electron chi connectivity index (χ2n) is 5.27. The smallest absolute Gasteiger partial charge is 0.178 e. The number of nitrogens with zero attached hydrogens (tertiary/aromatic N) is 2. The highest BCUT2D eigenvalue weighted by molar-refractivity contribution is 7.91. The zero-order valence-corrected chi connectivity index (χ0v) is 13.4. The lowest BCUT2D eigenvalue weighted by molar-refractivity contribution is 0.532. The maximum absolute atomic E-state index is 11.9. The van der Waals surface area contributed by atoms with Crippen LogP contribution in [0.25, 0.3) is 0 Å². The van der Waals surface area contributed by atoms with Gasteiger partial charge >= 0.3 is 0 Å². The summed E-state index contributed by atoms with van der Waals surface area (Å²) in [7, 11) is -3.15. The van der Waals surface area contributed by atoms with Crippen molar-refractivity contribution in [2.75, 3.05) is 11.1 Å². The Morgan fingerprint density at radius 3 is 2.38 bits per heavy atom. The van der Waals surface area contributed by atoms with Crippen molar-refractivity contribution in [2.24, 2.45) is 0 Å². The Kier molecular flexibility index (Phi) is 4.67. The molecule has 1 N–H and O–H groups in total. The highest BCUT2D eigenvalue weighted by Crippen LogP contribution is 2.20. The second kappa shape index (κ2) is 6.30. The predicted molar refractivity (Wildman–Crippen MR) is 84.7 cm³/mol. The number of sulfone groups is 1. The number of benzene rings is 1. The molecule has 0 amide bonds. The summed E-state index contributed by atoms with van der Waals surface area (Å²) in [6, 6.07) is 7.13. The van der Waals surface area contributed by atoms with E-state index in [1.807, 2.05) is 17.8 Å². The summed E-state index contributed by atoms with van der Waals surface area (Å²) < 4.78 is 25.8. The van der Waals surface area contributed by atoms with Crippen LogP contribution in [0.1, 0.15) is 33.2 Å². The van der Waals surface area contributed by atoms with Gasteiger partial charge in [-0.15, -0.1) is 0 Å². The van der Waals surface area contributed by atoms with Crippen molar-refractivity contribution in [1.29, 1.82) is 0 Å². The summed E-state index contributed by atoms with van der Waals surface area (Å²) in [5, 5.41) is 7.46. The van der Waals surface area contributed by atoms with Gasteiger partial charge in [0.25, 0.3) is 0 Å². The van der Waals surface area contributed by atoms with Gasteiger partial charge in [-0.2, -0.15) is 5.10 Å². The molecule has 0 aliphatic heterocycles. The molecule has 0 aliphatic carbocycles. The molecule has 0 spiro atoms. The minimum absolute atomic E-state index is 0.181. The summed E-state index contributed by atoms with van der Waals surface area (Å²) >= 11 is 0. The number of hydrogen-bond donors (Lipinski definition) is 1. The average Bonchev–Trinajstić information content (AvgIpc) is 2.88. The van der Waals surface area contributed by atoms with Crippen molar-refractivity contribution in [3.8, 4) is 0 Å². The van der Waals surface area contributed by atoms with E-state index in [0.29, 0.717) is 17.4 Å². The first-order chi connectivity index (χ1) is 9.92. The monoisotopic (exact) mass is 307 g/mol. The first-order valence-electron chi connectivity index (χ1n) is 7.06. The van der Waals surface area contributed by atoms with Crippen LogP contribution in [-0.2, 0) is 9.84 Å². The fourth-order valence-electron chi connectivity index (χ4n) is 1.98. The molecule has 1 aromatic heterocycles. The van der Waals surface area contributed by atoms with Gasteiger partial charge < -0.3 is 5.32 Å². The predicted octanol–water partition coefficient (Wildman–Crippen LogP) is 3.39. The highest BCUT2D eigenvalue weighted by Gasteiger charge is 2.12. The van der Waals surface area contributed by atoms with E-state index in [1.54, 1.807) is 30.5 Å². The molecule has 2 aromatic rings. The number of aromatic nitrogens is 2. The Morgan fingerprint density at radius 1 is 1.19 bits per heavy atom. The fraction of sp³-hybridized carbons (Fsp3) is 0.400. The van der Waals surface area contributed by atoms with Crippen molar-refractivity contribution in [1.82, 2.24) is 9.78 Å². The Bertz CT molecular complexity index is 688. The molecule has 2 rings (SSSR count). The molecule has 0 fully saturated rings. The third kappa shape index (κ3) is 3.85. The topological polar surface area (TPSA) is 64.0 Å². The van der Waals surface area contributed by atoms with Crippen LogP contribution in [0.15, 0.2) is 41.6 Å². The molecule has 0 aliphatic rings. The van der Waals surface area contributed by atoms with Crippen molar-refractivity contribution < 1.29 is 8.42 Å². The van der Waals surface area contributed by atoms with Crippen LogP contribution in [0.3, 0.4) is 0 Å². The van der Waals surface area contributed by atoms with Gasteiger partial charge in [0.15, 0.2) is 9.84 Å². The normalized spacial score (nSPS) is 11.8. The van der Waals surface area contributed by atoms with Crippen LogP contribution in [0.4, 0.5) is 11.4 Å². The molecular weight excluding hydrogens is 286 g/mol. The molecule has 6 heteroatoms. The summed E-state index contributed by atoms with van der Waals surface area (Å²) in [5.74, 6) is 0.181. The first kappa shape index (κ1) is 15.6. The SMILES string of the molecule is CCCS(=O)(=O)c1ccc(Nc2cnn(C(C)C)c2)cc1. The van der Waals surface area contributed by atoms with Gasteiger partial charge in [-0.1, -0.05) is 6.92 Å². The minimum Gasteiger partial charge on any atom is -0.353 e. The number of nitrogens with one attached hydrogen (secondary N) is 1. The van der Waals surface area contributed by atoms with E-state index >= 15 is 0 Å². The van der Waals surface area contributed by atoms with Crippen molar-refractivity contribution in [3.63, 3.8) is 0 Å². The molecule has 0 unspecified atom stereocenters. The van der Waals surface area contributed by atoms with Crippen molar-refractivity contribution in [2.45, 2.75) is 38.1 Å². The molecular formula is C15H21N3O2S. The van der Waals surface area contributed by atoms with Gasteiger partial charge in [0.05, 0.1) is 22.5 Å².